The summed E-state index contributed by atoms with van der Waals surface area (Å²) in [6.45, 7) is 4.07. The van der Waals surface area contributed by atoms with Gasteiger partial charge in [0, 0.05) is 29.8 Å². The molecule has 0 fully saturated rings. The molecule has 0 amide bonds. The number of nitrogens with zero attached hydrogens (tertiary/aromatic N) is 4. The van der Waals surface area contributed by atoms with Crippen molar-refractivity contribution < 1.29 is 9.15 Å². The SMILES string of the molecule is C=CCn1c(=O)c2ccccc2n2c(SCc3cc(=O)oc4cc(OC)ccc34)nnc12. The number of allylic oxidation sites excluding steroid dienone is 1. The number of benzene rings is 2. The first-order chi connectivity index (χ1) is 15.6. The van der Waals surface area contributed by atoms with Crippen molar-refractivity contribution in [2.24, 2.45) is 0 Å². The van der Waals surface area contributed by atoms with Crippen LogP contribution < -0.4 is 15.9 Å². The lowest BCUT2D eigenvalue weighted by molar-refractivity contribution is 0.414. The Labute approximate surface area is 185 Å². The van der Waals surface area contributed by atoms with Crippen molar-refractivity contribution in [1.82, 2.24) is 19.2 Å². The fraction of sp³-hybridized carbons (Fsp3) is 0.130. The first-order valence-corrected chi connectivity index (χ1v) is 10.8. The monoisotopic (exact) mass is 446 g/mol. The van der Waals surface area contributed by atoms with Gasteiger partial charge >= 0.3 is 5.63 Å². The van der Waals surface area contributed by atoms with Crippen LogP contribution in [-0.4, -0.2) is 26.3 Å². The third-order valence-corrected chi connectivity index (χ3v) is 6.16. The van der Waals surface area contributed by atoms with Crippen LogP contribution in [0.15, 0.2) is 80.3 Å². The average molecular weight is 446 g/mol. The predicted octanol–water partition coefficient (Wildman–Crippen LogP) is 3.64. The minimum Gasteiger partial charge on any atom is -0.497 e. The molecular weight excluding hydrogens is 428 g/mol. The predicted molar refractivity (Wildman–Crippen MR) is 124 cm³/mol. The smallest absolute Gasteiger partial charge is 0.336 e. The van der Waals surface area contributed by atoms with Crippen LogP contribution in [0.3, 0.4) is 0 Å². The second kappa shape index (κ2) is 8.01. The highest BCUT2D eigenvalue weighted by Crippen LogP contribution is 2.29. The largest absolute Gasteiger partial charge is 0.497 e. The van der Waals surface area contributed by atoms with Crippen LogP contribution in [0.2, 0.25) is 0 Å². The standard InChI is InChI=1S/C23H18N4O4S/c1-3-10-26-21(29)17-6-4-5-7-18(17)27-22(26)24-25-23(27)32-13-14-11-20(28)31-19-12-15(30-2)8-9-16(14)19/h3-9,11-12H,1,10,13H2,2H3. The Hall–Kier alpha value is -3.85. The van der Waals surface area contributed by atoms with E-state index in [4.69, 9.17) is 9.15 Å². The van der Waals surface area contributed by atoms with Crippen molar-refractivity contribution in [1.29, 1.82) is 0 Å². The van der Waals surface area contributed by atoms with Gasteiger partial charge in [-0.15, -0.1) is 16.8 Å². The third kappa shape index (κ3) is 3.27. The molecule has 0 aliphatic rings. The van der Waals surface area contributed by atoms with E-state index in [0.29, 0.717) is 40.0 Å². The van der Waals surface area contributed by atoms with Crippen LogP contribution in [0.5, 0.6) is 5.75 Å². The minimum atomic E-state index is -0.433. The normalized spacial score (nSPS) is 11.4. The van der Waals surface area contributed by atoms with E-state index in [1.807, 2.05) is 34.7 Å². The van der Waals surface area contributed by atoms with Crippen LogP contribution in [0.25, 0.3) is 27.6 Å². The molecule has 32 heavy (non-hydrogen) atoms. The van der Waals surface area contributed by atoms with Crippen molar-refractivity contribution in [3.8, 4) is 5.75 Å². The molecule has 0 unspecified atom stereocenters. The molecule has 0 spiro atoms. The van der Waals surface area contributed by atoms with Gasteiger partial charge in [0.15, 0.2) is 5.16 Å². The van der Waals surface area contributed by atoms with Crippen LogP contribution >= 0.6 is 11.8 Å². The van der Waals surface area contributed by atoms with Crippen LogP contribution in [0.4, 0.5) is 0 Å². The number of para-hydroxylation sites is 1. The van der Waals surface area contributed by atoms with Gasteiger partial charge < -0.3 is 9.15 Å². The fourth-order valence-electron chi connectivity index (χ4n) is 3.72. The Bertz CT molecular complexity index is 1620. The van der Waals surface area contributed by atoms with E-state index >= 15 is 0 Å². The molecule has 0 saturated heterocycles. The summed E-state index contributed by atoms with van der Waals surface area (Å²) < 4.78 is 14.0. The zero-order valence-electron chi connectivity index (χ0n) is 17.1. The summed E-state index contributed by atoms with van der Waals surface area (Å²) in [7, 11) is 1.56. The zero-order valence-corrected chi connectivity index (χ0v) is 18.0. The molecule has 0 aliphatic heterocycles. The summed E-state index contributed by atoms with van der Waals surface area (Å²) in [4.78, 5) is 25.0. The first-order valence-electron chi connectivity index (χ1n) is 9.82. The van der Waals surface area contributed by atoms with Gasteiger partial charge in [0.25, 0.3) is 5.56 Å². The number of hydrogen-bond donors (Lipinski definition) is 0. The van der Waals surface area contributed by atoms with Crippen molar-refractivity contribution in [2.75, 3.05) is 7.11 Å². The lowest BCUT2D eigenvalue weighted by atomic mass is 10.1. The van der Waals surface area contributed by atoms with E-state index in [2.05, 4.69) is 16.8 Å². The van der Waals surface area contributed by atoms with Crippen molar-refractivity contribution in [3.05, 3.63) is 87.5 Å². The molecule has 5 rings (SSSR count). The highest BCUT2D eigenvalue weighted by molar-refractivity contribution is 7.98. The number of hydrogen-bond acceptors (Lipinski definition) is 7. The summed E-state index contributed by atoms with van der Waals surface area (Å²) in [6.07, 6.45) is 1.65. The van der Waals surface area contributed by atoms with E-state index in [-0.39, 0.29) is 5.56 Å². The van der Waals surface area contributed by atoms with E-state index in [1.54, 1.807) is 29.9 Å². The number of fused-ring (bicyclic) bond motifs is 4. The molecular formula is C23H18N4O4S. The molecule has 0 aliphatic carbocycles. The van der Waals surface area contributed by atoms with Crippen LogP contribution in [0, 0.1) is 0 Å². The van der Waals surface area contributed by atoms with Gasteiger partial charge in [-0.3, -0.25) is 13.8 Å². The van der Waals surface area contributed by atoms with Gasteiger partial charge in [-0.1, -0.05) is 30.0 Å². The Morgan fingerprint density at radius 3 is 2.78 bits per heavy atom. The molecule has 0 N–H and O–H groups in total. The van der Waals surface area contributed by atoms with E-state index in [9.17, 15) is 9.59 Å². The molecule has 3 aromatic heterocycles. The van der Waals surface area contributed by atoms with Gasteiger partial charge in [-0.2, -0.15) is 0 Å². The van der Waals surface area contributed by atoms with Gasteiger partial charge in [-0.05, 0) is 29.8 Å². The Morgan fingerprint density at radius 1 is 1.12 bits per heavy atom. The molecule has 5 aromatic rings. The summed E-state index contributed by atoms with van der Waals surface area (Å²) in [5, 5.41) is 10.6. The van der Waals surface area contributed by atoms with E-state index in [0.717, 1.165) is 16.5 Å². The number of aromatic nitrogens is 4. The molecule has 8 nitrogen and oxygen atoms in total. The van der Waals surface area contributed by atoms with Gasteiger partial charge in [-0.25, -0.2) is 4.79 Å². The van der Waals surface area contributed by atoms with Crippen LogP contribution in [0.1, 0.15) is 5.56 Å². The molecule has 0 saturated carbocycles. The van der Waals surface area contributed by atoms with Gasteiger partial charge in [0.05, 0.1) is 18.0 Å². The minimum absolute atomic E-state index is 0.141. The second-order valence-electron chi connectivity index (χ2n) is 7.08. The number of thioether (sulfide) groups is 1. The molecule has 0 radical (unpaired) electrons. The zero-order chi connectivity index (χ0) is 22.2. The lowest BCUT2D eigenvalue weighted by Gasteiger charge is -2.10. The first kappa shape index (κ1) is 20.1. The molecule has 2 aromatic carbocycles. The molecule has 3 heterocycles. The number of methoxy groups -OCH3 is 1. The average Bonchev–Trinajstić information content (AvgIpc) is 3.23. The van der Waals surface area contributed by atoms with Gasteiger partial charge in [0.2, 0.25) is 5.78 Å². The lowest BCUT2D eigenvalue weighted by Crippen LogP contribution is -2.22. The van der Waals surface area contributed by atoms with Crippen molar-refractivity contribution >= 4 is 39.4 Å². The Balaban J connectivity index is 1.63. The maximum absolute atomic E-state index is 12.9. The highest BCUT2D eigenvalue weighted by Gasteiger charge is 2.17. The van der Waals surface area contributed by atoms with E-state index < -0.39 is 5.63 Å². The quantitative estimate of drug-likeness (QED) is 0.223. The molecule has 160 valence electrons. The molecule has 0 bridgehead atoms. The summed E-state index contributed by atoms with van der Waals surface area (Å²) in [5.41, 5.74) is 1.42. The fourth-order valence-corrected chi connectivity index (χ4v) is 4.65. The van der Waals surface area contributed by atoms with Crippen molar-refractivity contribution in [2.45, 2.75) is 17.5 Å². The Morgan fingerprint density at radius 2 is 1.97 bits per heavy atom. The highest BCUT2D eigenvalue weighted by atomic mass is 32.2. The maximum Gasteiger partial charge on any atom is 0.336 e. The molecule has 0 atom stereocenters. The number of ether oxygens (including phenoxy) is 1. The molecule has 9 heteroatoms. The summed E-state index contributed by atoms with van der Waals surface area (Å²) >= 11 is 1.43. The van der Waals surface area contributed by atoms with Crippen molar-refractivity contribution in [3.63, 3.8) is 0 Å². The van der Waals surface area contributed by atoms with Gasteiger partial charge in [0.1, 0.15) is 11.3 Å². The van der Waals surface area contributed by atoms with E-state index in [1.165, 1.54) is 17.8 Å². The Kier molecular flexibility index (Phi) is 5.02. The summed E-state index contributed by atoms with van der Waals surface area (Å²) in [5.74, 6) is 1.52. The summed E-state index contributed by atoms with van der Waals surface area (Å²) in [6, 6.07) is 14.2. The third-order valence-electron chi connectivity index (χ3n) is 5.18. The second-order valence-corrected chi connectivity index (χ2v) is 8.02. The van der Waals surface area contributed by atoms with Crippen LogP contribution in [-0.2, 0) is 12.3 Å². The number of rotatable bonds is 6. The maximum atomic E-state index is 12.9. The topological polar surface area (TPSA) is 91.6 Å².